The molecule has 0 amide bonds. The molecule has 0 radical (unpaired) electrons. The molecule has 0 bridgehead atoms. The molecule has 0 spiro atoms. The molecule has 0 aliphatic carbocycles. The third kappa shape index (κ3) is 1.77. The van der Waals surface area contributed by atoms with E-state index in [0.717, 1.165) is 11.0 Å². The summed E-state index contributed by atoms with van der Waals surface area (Å²) in [4.78, 5) is 5.02. The van der Waals surface area contributed by atoms with E-state index < -0.39 is 0 Å². The lowest BCUT2D eigenvalue weighted by Gasteiger charge is -2.11. The zero-order valence-corrected chi connectivity index (χ0v) is 12.9. The van der Waals surface area contributed by atoms with Gasteiger partial charge in [0.2, 0.25) is 0 Å². The van der Waals surface area contributed by atoms with E-state index in [1.54, 1.807) is 0 Å². The zero-order valence-electron chi connectivity index (χ0n) is 12.9. The first kappa shape index (κ1) is 12.6. The van der Waals surface area contributed by atoms with Gasteiger partial charge in [-0.25, -0.2) is 4.98 Å². The van der Waals surface area contributed by atoms with Crippen LogP contribution in [0.15, 0.2) is 72.8 Å². The molecule has 4 aromatic carbocycles. The van der Waals surface area contributed by atoms with Crippen molar-refractivity contribution >= 4 is 43.4 Å². The zero-order chi connectivity index (χ0) is 15.4. The molecule has 0 N–H and O–H groups in total. The van der Waals surface area contributed by atoms with Gasteiger partial charge in [-0.1, -0.05) is 60.7 Å². The van der Waals surface area contributed by atoms with E-state index in [4.69, 9.17) is 4.98 Å². The first-order valence-corrected chi connectivity index (χ1v) is 7.92. The highest BCUT2D eigenvalue weighted by Crippen LogP contribution is 2.35. The van der Waals surface area contributed by atoms with E-state index in [0.29, 0.717) is 0 Å². The van der Waals surface area contributed by atoms with Gasteiger partial charge in [0.05, 0.1) is 11.0 Å². The fourth-order valence-electron chi connectivity index (χ4n) is 3.57. The molecule has 1 heteroatoms. The van der Waals surface area contributed by atoms with Crippen molar-refractivity contribution in [3.05, 3.63) is 78.4 Å². The third-order valence-electron chi connectivity index (χ3n) is 4.66. The molecule has 0 aliphatic rings. The summed E-state index contributed by atoms with van der Waals surface area (Å²) in [6.45, 7) is 2.11. The summed E-state index contributed by atoms with van der Waals surface area (Å²) in [6.07, 6.45) is 0. The molecule has 1 aromatic heterocycles. The largest absolute Gasteiger partial charge is 0.247 e. The van der Waals surface area contributed by atoms with Crippen molar-refractivity contribution in [3.63, 3.8) is 0 Å². The molecule has 23 heavy (non-hydrogen) atoms. The molecule has 108 valence electrons. The Balaban J connectivity index is 2.14. The van der Waals surface area contributed by atoms with Crippen LogP contribution < -0.4 is 0 Å². The molecule has 0 saturated carbocycles. The van der Waals surface area contributed by atoms with Gasteiger partial charge in [-0.3, -0.25) is 0 Å². The molecule has 0 saturated heterocycles. The maximum atomic E-state index is 5.02. The third-order valence-corrected chi connectivity index (χ3v) is 4.66. The van der Waals surface area contributed by atoms with Crippen LogP contribution in [0, 0.1) is 6.92 Å². The van der Waals surface area contributed by atoms with Crippen LogP contribution in [-0.4, -0.2) is 4.98 Å². The Morgan fingerprint density at radius 1 is 0.609 bits per heavy atom. The fourth-order valence-corrected chi connectivity index (χ4v) is 3.57. The molecule has 0 unspecified atom stereocenters. The Morgan fingerprint density at radius 2 is 1.22 bits per heavy atom. The second kappa shape index (κ2) is 4.53. The number of hydrogen-bond acceptors (Lipinski definition) is 1. The highest BCUT2D eigenvalue weighted by atomic mass is 14.7. The lowest BCUT2D eigenvalue weighted by molar-refractivity contribution is 1.45. The number of benzene rings is 4. The normalized spacial score (nSPS) is 11.7. The molecule has 0 aliphatic heterocycles. The Kier molecular flexibility index (Phi) is 2.48. The van der Waals surface area contributed by atoms with Crippen molar-refractivity contribution in [3.8, 4) is 0 Å². The predicted octanol–water partition coefficient (Wildman–Crippen LogP) is 6.00. The number of aryl methyl sites for hydroxylation is 1. The number of nitrogens with zero attached hydrogens (tertiary/aromatic N) is 1. The predicted molar refractivity (Wildman–Crippen MR) is 99.0 cm³/mol. The van der Waals surface area contributed by atoms with E-state index in [2.05, 4.69) is 79.7 Å². The quantitative estimate of drug-likeness (QED) is 0.252. The number of fused-ring (bicyclic) bond motifs is 7. The topological polar surface area (TPSA) is 12.9 Å². The smallest absolute Gasteiger partial charge is 0.0794 e. The van der Waals surface area contributed by atoms with Crippen molar-refractivity contribution in [2.24, 2.45) is 0 Å². The summed E-state index contributed by atoms with van der Waals surface area (Å²) in [5.41, 5.74) is 3.41. The van der Waals surface area contributed by atoms with Crippen molar-refractivity contribution in [2.45, 2.75) is 6.92 Å². The average Bonchev–Trinajstić information content (AvgIpc) is 2.60. The number of rotatable bonds is 0. The van der Waals surface area contributed by atoms with Crippen molar-refractivity contribution in [1.29, 1.82) is 0 Å². The van der Waals surface area contributed by atoms with Gasteiger partial charge in [0.25, 0.3) is 0 Å². The first-order valence-electron chi connectivity index (χ1n) is 7.92. The Bertz CT molecular complexity index is 1220. The summed E-state index contributed by atoms with van der Waals surface area (Å²) in [5.74, 6) is 0. The lowest BCUT2D eigenvalue weighted by Crippen LogP contribution is -1.88. The van der Waals surface area contributed by atoms with Gasteiger partial charge in [0.15, 0.2) is 0 Å². The second-order valence-corrected chi connectivity index (χ2v) is 6.17. The van der Waals surface area contributed by atoms with E-state index in [-0.39, 0.29) is 0 Å². The minimum absolute atomic E-state index is 1.07. The highest BCUT2D eigenvalue weighted by molar-refractivity contribution is 6.25. The van der Waals surface area contributed by atoms with Crippen LogP contribution in [0.4, 0.5) is 0 Å². The van der Waals surface area contributed by atoms with Gasteiger partial charge >= 0.3 is 0 Å². The molecule has 5 rings (SSSR count). The summed E-state index contributed by atoms with van der Waals surface area (Å²) < 4.78 is 0. The van der Waals surface area contributed by atoms with Crippen LogP contribution in [-0.2, 0) is 0 Å². The van der Waals surface area contributed by atoms with E-state index in [9.17, 15) is 0 Å². The summed E-state index contributed by atoms with van der Waals surface area (Å²) in [6, 6.07) is 26.0. The SMILES string of the molecule is Cc1ccc2cc3c4ccccc4c4ccccc4c3nc2c1. The minimum Gasteiger partial charge on any atom is -0.247 e. The molecule has 5 aromatic rings. The maximum Gasteiger partial charge on any atom is 0.0794 e. The number of hydrogen-bond donors (Lipinski definition) is 0. The van der Waals surface area contributed by atoms with Crippen LogP contribution in [0.3, 0.4) is 0 Å². The molecule has 0 fully saturated rings. The first-order chi connectivity index (χ1) is 11.3. The van der Waals surface area contributed by atoms with Gasteiger partial charge in [-0.05, 0) is 40.8 Å². The van der Waals surface area contributed by atoms with Gasteiger partial charge in [-0.15, -0.1) is 0 Å². The van der Waals surface area contributed by atoms with E-state index in [1.807, 2.05) is 0 Å². The van der Waals surface area contributed by atoms with Crippen LogP contribution in [0.2, 0.25) is 0 Å². The second-order valence-electron chi connectivity index (χ2n) is 6.17. The molecular formula is C22H15N. The molecule has 1 nitrogen and oxygen atoms in total. The molecule has 1 heterocycles. The molecule has 0 atom stereocenters. The summed E-state index contributed by atoms with van der Waals surface area (Å²) >= 11 is 0. The number of aromatic nitrogens is 1. The monoisotopic (exact) mass is 293 g/mol. The van der Waals surface area contributed by atoms with E-state index in [1.165, 1.54) is 37.9 Å². The average molecular weight is 293 g/mol. The highest BCUT2D eigenvalue weighted by Gasteiger charge is 2.10. The van der Waals surface area contributed by atoms with Crippen LogP contribution >= 0.6 is 0 Å². The maximum absolute atomic E-state index is 5.02. The van der Waals surface area contributed by atoms with Crippen LogP contribution in [0.25, 0.3) is 43.4 Å². The van der Waals surface area contributed by atoms with Crippen molar-refractivity contribution in [1.82, 2.24) is 4.98 Å². The Labute approximate surface area is 134 Å². The standard InChI is InChI=1S/C22H15N/c1-14-10-11-15-13-20-18-8-3-2-6-16(18)17-7-4-5-9-19(17)22(20)23-21(15)12-14/h2-13H,1H3. The van der Waals surface area contributed by atoms with Gasteiger partial charge in [0, 0.05) is 16.2 Å². The van der Waals surface area contributed by atoms with Gasteiger partial charge in [0.1, 0.15) is 0 Å². The Morgan fingerprint density at radius 3 is 1.96 bits per heavy atom. The van der Waals surface area contributed by atoms with Gasteiger partial charge in [-0.2, -0.15) is 0 Å². The van der Waals surface area contributed by atoms with Crippen molar-refractivity contribution < 1.29 is 0 Å². The fraction of sp³-hybridized carbons (Fsp3) is 0.0455. The Hall–Kier alpha value is -2.93. The summed E-state index contributed by atoms with van der Waals surface area (Å²) in [5, 5.41) is 7.50. The van der Waals surface area contributed by atoms with E-state index >= 15 is 0 Å². The van der Waals surface area contributed by atoms with Gasteiger partial charge < -0.3 is 0 Å². The summed E-state index contributed by atoms with van der Waals surface area (Å²) in [7, 11) is 0. The molecular weight excluding hydrogens is 278 g/mol. The van der Waals surface area contributed by atoms with Crippen LogP contribution in [0.1, 0.15) is 5.56 Å². The minimum atomic E-state index is 1.07. The van der Waals surface area contributed by atoms with Crippen LogP contribution in [0.5, 0.6) is 0 Å². The number of pyridine rings is 1. The van der Waals surface area contributed by atoms with Crippen molar-refractivity contribution in [2.75, 3.05) is 0 Å². The lowest BCUT2D eigenvalue weighted by atomic mass is 9.96.